The highest BCUT2D eigenvalue weighted by atomic mass is 15.4. The Hall–Kier alpha value is -0.800. The van der Waals surface area contributed by atoms with Crippen LogP contribution in [0.2, 0.25) is 0 Å². The van der Waals surface area contributed by atoms with E-state index in [1.165, 1.54) is 0 Å². The summed E-state index contributed by atoms with van der Waals surface area (Å²) in [5.74, 6) is 0. The summed E-state index contributed by atoms with van der Waals surface area (Å²) in [4.78, 5) is 0. The third-order valence-corrected chi connectivity index (χ3v) is 0.0400. The molecular weight excluding hydrogens is 56.0 g/mol. The molecule has 4 heavy (non-hydrogen) atoms. The molecule has 0 N–H and O–H groups in total. The molecule has 0 aliphatic rings. The van der Waals surface area contributed by atoms with Crippen LogP contribution in [0.1, 0.15) is 0 Å². The third kappa shape index (κ3) is 1.20. The van der Waals surface area contributed by atoms with Crippen molar-refractivity contribution in [3.05, 3.63) is 5.53 Å². The Morgan fingerprint density at radius 2 is 2.25 bits per heavy atom. The summed E-state index contributed by atoms with van der Waals surface area (Å²) in [6, 6.07) is 0. The summed E-state index contributed by atoms with van der Waals surface area (Å²) in [7, 11) is 0. The summed E-state index contributed by atoms with van der Waals surface area (Å²) < 4.78 is 0. The lowest BCUT2D eigenvalue weighted by Crippen LogP contribution is -1.55. The Morgan fingerprint density at radius 3 is 2.25 bits per heavy atom. The quantitative estimate of drug-likeness (QED) is 0.287. The maximum atomic E-state index is 7.08. The topological polar surface area (TPSA) is 71.1 Å². The Labute approximate surface area is 22.8 Å². The molecule has 0 bridgehead atoms. The molecule has 0 saturated carbocycles. The van der Waals surface area contributed by atoms with E-state index in [1.807, 2.05) is 10.4 Å². The van der Waals surface area contributed by atoms with Gasteiger partial charge >= 0.3 is 0 Å². The van der Waals surface area contributed by atoms with Gasteiger partial charge in [-0.05, 0) is 5.22 Å². The molecule has 0 spiro atoms. The van der Waals surface area contributed by atoms with E-state index in [2.05, 4.69) is 0 Å². The van der Waals surface area contributed by atoms with Crippen molar-refractivity contribution < 1.29 is 0 Å². The molecule has 0 aromatic carbocycles. The van der Waals surface area contributed by atoms with Crippen LogP contribution in [0.15, 0.2) is 5.22 Å². The molecule has 0 aliphatic carbocycles. The first kappa shape index (κ1) is 3.20. The molecular formula is N4. The molecule has 0 rings (SSSR count). The van der Waals surface area contributed by atoms with E-state index in [4.69, 9.17) is 11.1 Å². The van der Waals surface area contributed by atoms with Crippen molar-refractivity contribution in [1.82, 2.24) is 10.8 Å². The van der Waals surface area contributed by atoms with Gasteiger partial charge in [0.1, 0.15) is 0 Å². The Morgan fingerprint density at radius 1 is 2.00 bits per heavy atom. The van der Waals surface area contributed by atoms with E-state index in [0.717, 1.165) is 0 Å². The molecule has 0 fully saturated rings. The molecule has 0 unspecified atom stereocenters. The second kappa shape index (κ2) is 2.20. The lowest BCUT2D eigenvalue weighted by Gasteiger charge is -1.37. The molecule has 0 heterocycles. The summed E-state index contributed by atoms with van der Waals surface area (Å²) >= 11 is 0. The van der Waals surface area contributed by atoms with E-state index in [1.54, 1.807) is 0 Å². The van der Waals surface area contributed by atoms with Crippen molar-refractivity contribution in [3.8, 4) is 0 Å². The van der Waals surface area contributed by atoms with Gasteiger partial charge in [0.05, 0.1) is 0 Å². The average Bonchev–Trinajstić information content (AvgIpc) is 1.37. The van der Waals surface area contributed by atoms with Gasteiger partial charge in [-0.15, -0.1) is 0 Å². The van der Waals surface area contributed by atoms with Gasteiger partial charge in [0.2, 0.25) is 5.53 Å². The standard InChI is InChI=1S/N4/c1-3-4-2. The third-order valence-electron chi connectivity index (χ3n) is 0.0400. The van der Waals surface area contributed by atoms with E-state index >= 15 is 0 Å². The highest BCUT2D eigenvalue weighted by molar-refractivity contribution is 3.90. The zero-order valence-corrected chi connectivity index (χ0v) is 1.79. The SMILES string of the molecule is [N]=N[N+]=[N-]. The van der Waals surface area contributed by atoms with Crippen molar-refractivity contribution in [2.75, 3.05) is 0 Å². The molecule has 4 heteroatoms. The summed E-state index contributed by atoms with van der Waals surface area (Å²) in [5, 5.41) is 3.83. The minimum absolute atomic E-state index is 1.92. The van der Waals surface area contributed by atoms with Crippen LogP contribution < -0.4 is 10.8 Å². The van der Waals surface area contributed by atoms with Crippen molar-refractivity contribution in [2.45, 2.75) is 0 Å². The van der Waals surface area contributed by atoms with Crippen LogP contribution in [-0.2, 0) is 0 Å². The maximum absolute atomic E-state index is 7.08. The van der Waals surface area contributed by atoms with Gasteiger partial charge in [-0.25, -0.2) is 5.53 Å². The van der Waals surface area contributed by atoms with Gasteiger partial charge in [0.25, 0.3) is 0 Å². The average molecular weight is 56.0 g/mol. The molecule has 0 saturated heterocycles. The monoisotopic (exact) mass is 56.0 g/mol. The zero-order chi connectivity index (χ0) is 3.41. The van der Waals surface area contributed by atoms with Gasteiger partial charge in [-0.1, -0.05) is 0 Å². The number of nitrogens with zero attached hydrogens (tertiary/aromatic N) is 4. The van der Waals surface area contributed by atoms with E-state index in [-0.39, 0.29) is 0 Å². The fraction of sp³-hybridized carbons (Fsp3) is 0. The minimum atomic E-state index is 1.92. The van der Waals surface area contributed by atoms with Crippen LogP contribution in [0, 0.1) is 0 Å². The first-order valence-electron chi connectivity index (χ1n) is 0.600. The van der Waals surface area contributed by atoms with E-state index in [9.17, 15) is 0 Å². The van der Waals surface area contributed by atoms with Crippen LogP contribution in [0.25, 0.3) is 5.53 Å². The first-order chi connectivity index (χ1) is 1.91. The predicted octanol–water partition coefficient (Wildman–Crippen LogP) is -0.489. The molecule has 0 aromatic heterocycles. The lowest BCUT2D eigenvalue weighted by atomic mass is 12.6. The normalized spacial score (nSPS) is 5.00. The van der Waals surface area contributed by atoms with Crippen LogP contribution in [0.4, 0.5) is 0 Å². The van der Waals surface area contributed by atoms with Crippen molar-refractivity contribution in [2.24, 2.45) is 5.22 Å². The number of rotatable bonds is 1. The van der Waals surface area contributed by atoms with Crippen molar-refractivity contribution in [1.29, 1.82) is 0 Å². The lowest BCUT2D eigenvalue weighted by molar-refractivity contribution is 0.963. The fourth-order valence-electron chi connectivity index (χ4n) is 0. The molecule has 0 aliphatic heterocycles. The van der Waals surface area contributed by atoms with Gasteiger partial charge in [0, 0.05) is 5.22 Å². The summed E-state index contributed by atoms with van der Waals surface area (Å²) in [6.07, 6.45) is 0. The molecule has 2 radical (unpaired) electrons. The zero-order valence-electron chi connectivity index (χ0n) is 1.79. The molecule has 0 amide bonds. The van der Waals surface area contributed by atoms with Gasteiger partial charge in [0.15, 0.2) is 0 Å². The van der Waals surface area contributed by atoms with Crippen LogP contribution in [0.3, 0.4) is 0 Å². The first-order valence-corrected chi connectivity index (χ1v) is 0.600. The second-order valence-corrected chi connectivity index (χ2v) is 0.179. The van der Waals surface area contributed by atoms with Gasteiger partial charge in [-0.2, -0.15) is 0 Å². The highest BCUT2D eigenvalue weighted by Gasteiger charge is 1.38. The Kier molecular flexibility index (Phi) is 1.76. The number of hydrogen-bond acceptors (Lipinski definition) is 0. The summed E-state index contributed by atoms with van der Waals surface area (Å²) in [5.41, 5.74) is 14.2. The van der Waals surface area contributed by atoms with Crippen LogP contribution >= 0.6 is 0 Å². The molecule has 0 atom stereocenters. The van der Waals surface area contributed by atoms with Crippen molar-refractivity contribution in [3.63, 3.8) is 0 Å². The molecule has 4 nitrogen and oxygen atoms in total. The van der Waals surface area contributed by atoms with E-state index < -0.39 is 0 Å². The smallest absolute Gasteiger partial charge is 0.213 e. The minimum Gasteiger partial charge on any atom is -0.215 e. The van der Waals surface area contributed by atoms with Crippen molar-refractivity contribution >= 4 is 0 Å². The molecule has 0 aromatic rings. The Bertz CT molecular complexity index is 21.0. The van der Waals surface area contributed by atoms with E-state index in [0.29, 0.717) is 0 Å². The maximum Gasteiger partial charge on any atom is 0.213 e. The predicted molar refractivity (Wildman–Crippen MR) is 10.1 cm³/mol. The van der Waals surface area contributed by atoms with Gasteiger partial charge in [-0.3, -0.25) is 0 Å². The highest BCUT2D eigenvalue weighted by Crippen LogP contribution is 1.27. The fourth-order valence-corrected chi connectivity index (χ4v) is 0. The Balaban J connectivity index is 2.73. The van der Waals surface area contributed by atoms with Crippen LogP contribution in [-0.4, -0.2) is 0 Å². The second-order valence-electron chi connectivity index (χ2n) is 0.179. The molecule has 20 valence electrons. The van der Waals surface area contributed by atoms with Gasteiger partial charge < -0.3 is 0 Å². The summed E-state index contributed by atoms with van der Waals surface area (Å²) in [6.45, 7) is 0. The largest absolute Gasteiger partial charge is 0.215 e. The number of hydrogen-bond donors (Lipinski definition) is 0. The van der Waals surface area contributed by atoms with Crippen LogP contribution in [0.5, 0.6) is 0 Å².